The summed E-state index contributed by atoms with van der Waals surface area (Å²) < 4.78 is 7.19. The quantitative estimate of drug-likeness (QED) is 0.564. The first-order valence-electron chi connectivity index (χ1n) is 10.1. The number of carbonyl (C=O) groups excluding carboxylic acids is 1. The van der Waals surface area contributed by atoms with Gasteiger partial charge >= 0.3 is 0 Å². The largest absolute Gasteiger partial charge is 0.478 e. The van der Waals surface area contributed by atoms with Gasteiger partial charge in [-0.05, 0) is 69.2 Å². The van der Waals surface area contributed by atoms with Crippen molar-refractivity contribution in [3.8, 4) is 5.75 Å². The third-order valence-corrected chi connectivity index (χ3v) is 6.67. The zero-order valence-corrected chi connectivity index (χ0v) is 19.3. The Morgan fingerprint density at radius 2 is 1.77 bits per heavy atom. The van der Waals surface area contributed by atoms with Crippen molar-refractivity contribution in [2.24, 2.45) is 0 Å². The lowest BCUT2D eigenvalue weighted by molar-refractivity contribution is -0.145. The van der Waals surface area contributed by atoms with Crippen LogP contribution in [0.1, 0.15) is 25.0 Å². The molecule has 0 aliphatic carbocycles. The van der Waals surface area contributed by atoms with Gasteiger partial charge in [-0.25, -0.2) is 4.98 Å². The first-order valence-corrected chi connectivity index (χ1v) is 11.3. The van der Waals surface area contributed by atoms with Crippen LogP contribution in [-0.4, -0.2) is 47.6 Å². The number of amides is 1. The Kier molecular flexibility index (Phi) is 5.64. The van der Waals surface area contributed by atoms with E-state index in [0.717, 1.165) is 23.7 Å². The molecule has 0 saturated carbocycles. The van der Waals surface area contributed by atoms with E-state index in [9.17, 15) is 4.79 Å². The van der Waals surface area contributed by atoms with E-state index in [2.05, 4.69) is 30.9 Å². The molecule has 1 aliphatic rings. The zero-order chi connectivity index (χ0) is 21.5. The van der Waals surface area contributed by atoms with Gasteiger partial charge in [0.2, 0.25) is 0 Å². The summed E-state index contributed by atoms with van der Waals surface area (Å²) in [5.74, 6) is 0.629. The number of thiazole rings is 1. The van der Waals surface area contributed by atoms with Gasteiger partial charge in [0.05, 0.1) is 10.2 Å². The highest BCUT2D eigenvalue weighted by molar-refractivity contribution is 7.22. The van der Waals surface area contributed by atoms with E-state index in [1.54, 1.807) is 35.6 Å². The first-order chi connectivity index (χ1) is 14.2. The maximum absolute atomic E-state index is 13.1. The van der Waals surface area contributed by atoms with Crippen molar-refractivity contribution >= 4 is 44.2 Å². The Bertz CT molecular complexity index is 1070. The summed E-state index contributed by atoms with van der Waals surface area (Å²) in [6, 6.07) is 11.5. The van der Waals surface area contributed by atoms with E-state index in [1.165, 1.54) is 15.8 Å². The molecule has 3 aromatic rings. The van der Waals surface area contributed by atoms with Crippen LogP contribution in [0, 0.1) is 13.8 Å². The fourth-order valence-electron chi connectivity index (χ4n) is 3.82. The minimum absolute atomic E-state index is 0.00660. The average Bonchev–Trinajstić information content (AvgIpc) is 3.13. The summed E-state index contributed by atoms with van der Waals surface area (Å²) in [4.78, 5) is 22.1. The van der Waals surface area contributed by atoms with E-state index in [-0.39, 0.29) is 5.91 Å². The van der Waals surface area contributed by atoms with E-state index >= 15 is 0 Å². The highest BCUT2D eigenvalue weighted by atomic mass is 35.5. The number of nitrogens with zero attached hydrogens (tertiary/aromatic N) is 3. The second kappa shape index (κ2) is 8.08. The molecule has 0 unspecified atom stereocenters. The SMILES string of the molecule is Cc1cc(C)c2nc(N3CCN(C(=O)C(C)(C)Oc4ccc(Cl)cc4)CC3)sc2c1. The number of fused-ring (bicyclic) bond motifs is 1. The molecule has 5 nitrogen and oxygen atoms in total. The van der Waals surface area contributed by atoms with Gasteiger partial charge in [-0.15, -0.1) is 0 Å². The van der Waals surface area contributed by atoms with Gasteiger partial charge in [0, 0.05) is 31.2 Å². The summed E-state index contributed by atoms with van der Waals surface area (Å²) in [5, 5.41) is 1.67. The van der Waals surface area contributed by atoms with Crippen LogP contribution in [0.3, 0.4) is 0 Å². The van der Waals surface area contributed by atoms with Gasteiger partial charge in [0.1, 0.15) is 5.75 Å². The fraction of sp³-hybridized carbons (Fsp3) is 0.391. The number of carbonyl (C=O) groups is 1. The van der Waals surface area contributed by atoms with Crippen LogP contribution in [0.15, 0.2) is 36.4 Å². The molecule has 1 aromatic heterocycles. The summed E-state index contributed by atoms with van der Waals surface area (Å²) in [6.07, 6.45) is 0. The Morgan fingerprint density at radius 1 is 1.10 bits per heavy atom. The topological polar surface area (TPSA) is 45.7 Å². The van der Waals surface area contributed by atoms with E-state index < -0.39 is 5.60 Å². The smallest absolute Gasteiger partial charge is 0.266 e. The molecule has 4 rings (SSSR count). The monoisotopic (exact) mass is 443 g/mol. The zero-order valence-electron chi connectivity index (χ0n) is 17.7. The number of hydrogen-bond donors (Lipinski definition) is 0. The first kappa shape index (κ1) is 20.9. The molecule has 2 heterocycles. The van der Waals surface area contributed by atoms with E-state index in [0.29, 0.717) is 23.9 Å². The highest BCUT2D eigenvalue weighted by Crippen LogP contribution is 2.32. The van der Waals surface area contributed by atoms with Crippen LogP contribution in [0.2, 0.25) is 5.02 Å². The maximum Gasteiger partial charge on any atom is 0.266 e. The van der Waals surface area contributed by atoms with E-state index in [1.807, 2.05) is 18.7 Å². The predicted octanol–water partition coefficient (Wildman–Crippen LogP) is 5.07. The number of halogens is 1. The molecule has 30 heavy (non-hydrogen) atoms. The van der Waals surface area contributed by atoms with Gasteiger partial charge in [-0.1, -0.05) is 29.0 Å². The number of rotatable bonds is 4. The molecule has 1 saturated heterocycles. The molecule has 1 aliphatic heterocycles. The lowest BCUT2D eigenvalue weighted by atomic mass is 10.1. The molecular weight excluding hydrogens is 418 g/mol. The maximum atomic E-state index is 13.1. The van der Waals surface area contributed by atoms with Gasteiger partial charge in [-0.2, -0.15) is 0 Å². The molecule has 0 radical (unpaired) electrons. The summed E-state index contributed by atoms with van der Waals surface area (Å²) in [6.45, 7) is 10.7. The Labute approximate surface area is 186 Å². The lowest BCUT2D eigenvalue weighted by Gasteiger charge is -2.38. The Hall–Kier alpha value is -2.31. The molecule has 0 bridgehead atoms. The number of aromatic nitrogens is 1. The van der Waals surface area contributed by atoms with Crippen molar-refractivity contribution in [1.82, 2.24) is 9.88 Å². The molecule has 158 valence electrons. The Balaban J connectivity index is 1.41. The summed E-state index contributed by atoms with van der Waals surface area (Å²) in [5.41, 5.74) is 2.60. The van der Waals surface area contributed by atoms with Crippen molar-refractivity contribution in [3.05, 3.63) is 52.5 Å². The van der Waals surface area contributed by atoms with Crippen LogP contribution >= 0.6 is 22.9 Å². The van der Waals surface area contributed by atoms with Crippen LogP contribution in [0.25, 0.3) is 10.2 Å². The molecule has 1 amide bonds. The number of piperazine rings is 1. The van der Waals surface area contributed by atoms with Crippen LogP contribution in [-0.2, 0) is 4.79 Å². The molecule has 1 fully saturated rings. The predicted molar refractivity (Wildman–Crippen MR) is 124 cm³/mol. The standard InChI is InChI=1S/C23H26ClN3O2S/c1-15-13-16(2)20-19(14-15)30-22(25-20)27-11-9-26(10-12-27)21(28)23(3,4)29-18-7-5-17(24)6-8-18/h5-8,13-14H,9-12H2,1-4H3. The highest BCUT2D eigenvalue weighted by Gasteiger charge is 2.36. The lowest BCUT2D eigenvalue weighted by Crippen LogP contribution is -2.55. The molecule has 2 aromatic carbocycles. The number of hydrogen-bond acceptors (Lipinski definition) is 5. The third kappa shape index (κ3) is 4.25. The van der Waals surface area contributed by atoms with Crippen LogP contribution in [0.5, 0.6) is 5.75 Å². The molecule has 0 spiro atoms. The van der Waals surface area contributed by atoms with Crippen molar-refractivity contribution in [2.45, 2.75) is 33.3 Å². The fourth-order valence-corrected chi connectivity index (χ4v) is 5.14. The third-order valence-electron chi connectivity index (χ3n) is 5.36. The minimum atomic E-state index is -0.944. The molecule has 0 atom stereocenters. The second-order valence-corrected chi connectivity index (χ2v) is 9.72. The average molecular weight is 444 g/mol. The summed E-state index contributed by atoms with van der Waals surface area (Å²) in [7, 11) is 0. The van der Waals surface area contributed by atoms with Crippen LogP contribution < -0.4 is 9.64 Å². The van der Waals surface area contributed by atoms with Gasteiger partial charge < -0.3 is 14.5 Å². The number of ether oxygens (including phenoxy) is 1. The number of aryl methyl sites for hydroxylation is 2. The molecule has 0 N–H and O–H groups in total. The molecule has 7 heteroatoms. The molecular formula is C23H26ClN3O2S. The van der Waals surface area contributed by atoms with Gasteiger partial charge in [0.25, 0.3) is 5.91 Å². The normalized spacial score (nSPS) is 15.0. The van der Waals surface area contributed by atoms with E-state index in [4.69, 9.17) is 21.3 Å². The Morgan fingerprint density at radius 3 is 2.43 bits per heavy atom. The van der Waals surface area contributed by atoms with Gasteiger partial charge in [-0.3, -0.25) is 4.79 Å². The van der Waals surface area contributed by atoms with Gasteiger partial charge in [0.15, 0.2) is 10.7 Å². The van der Waals surface area contributed by atoms with Crippen molar-refractivity contribution in [1.29, 1.82) is 0 Å². The number of benzene rings is 2. The van der Waals surface area contributed by atoms with Crippen molar-refractivity contribution in [2.75, 3.05) is 31.1 Å². The van der Waals surface area contributed by atoms with Crippen molar-refractivity contribution in [3.63, 3.8) is 0 Å². The number of anilines is 1. The van der Waals surface area contributed by atoms with Crippen molar-refractivity contribution < 1.29 is 9.53 Å². The second-order valence-electron chi connectivity index (χ2n) is 8.27. The minimum Gasteiger partial charge on any atom is -0.478 e. The summed E-state index contributed by atoms with van der Waals surface area (Å²) >= 11 is 7.66. The van der Waals surface area contributed by atoms with Crippen LogP contribution in [0.4, 0.5) is 5.13 Å².